The molecule has 0 spiro atoms. The average Bonchev–Trinajstić information content (AvgIpc) is 2.96. The Balaban J connectivity index is 1.80. The number of aliphatic hydroxyl groups is 1. The molecular weight excluding hydrogens is 252 g/mol. The third-order valence-corrected chi connectivity index (χ3v) is 3.64. The molecule has 0 aliphatic carbocycles. The second-order valence-electron chi connectivity index (χ2n) is 4.81. The van der Waals surface area contributed by atoms with E-state index in [1.165, 1.54) is 0 Å². The standard InChI is InChI=1S/C14H15ClO3/c15-11-1-2-13-10(6-11)7-14(18-13)12(16)5-9-3-4-17-8-9/h1-2,6-7,9,12,16H,3-5,8H2. The van der Waals surface area contributed by atoms with Gasteiger partial charge in [0.1, 0.15) is 17.4 Å². The number of rotatable bonds is 3. The molecule has 0 saturated carbocycles. The first-order valence-electron chi connectivity index (χ1n) is 6.17. The van der Waals surface area contributed by atoms with E-state index in [0.29, 0.717) is 23.1 Å². The summed E-state index contributed by atoms with van der Waals surface area (Å²) in [5.41, 5.74) is 0.760. The summed E-state index contributed by atoms with van der Waals surface area (Å²) in [6, 6.07) is 7.32. The molecule has 96 valence electrons. The van der Waals surface area contributed by atoms with Gasteiger partial charge in [0.15, 0.2) is 0 Å². The Kier molecular flexibility index (Phi) is 3.29. The van der Waals surface area contributed by atoms with E-state index in [4.69, 9.17) is 20.8 Å². The van der Waals surface area contributed by atoms with Crippen LogP contribution in [0.15, 0.2) is 28.7 Å². The van der Waals surface area contributed by atoms with Crippen molar-refractivity contribution < 1.29 is 14.3 Å². The summed E-state index contributed by atoms with van der Waals surface area (Å²) < 4.78 is 11.0. The predicted octanol–water partition coefficient (Wildman–Crippen LogP) is 3.55. The van der Waals surface area contributed by atoms with Gasteiger partial charge in [-0.05, 0) is 43.0 Å². The third-order valence-electron chi connectivity index (χ3n) is 3.41. The molecule has 1 fully saturated rings. The van der Waals surface area contributed by atoms with Gasteiger partial charge < -0.3 is 14.3 Å². The summed E-state index contributed by atoms with van der Waals surface area (Å²) in [6.45, 7) is 1.54. The molecule has 3 nitrogen and oxygen atoms in total. The zero-order valence-electron chi connectivity index (χ0n) is 9.93. The lowest BCUT2D eigenvalue weighted by molar-refractivity contribution is 0.112. The molecule has 4 heteroatoms. The van der Waals surface area contributed by atoms with Crippen LogP contribution in [0.25, 0.3) is 11.0 Å². The van der Waals surface area contributed by atoms with Crippen molar-refractivity contribution in [3.63, 3.8) is 0 Å². The first-order valence-corrected chi connectivity index (χ1v) is 6.55. The number of ether oxygens (including phenoxy) is 1. The minimum absolute atomic E-state index is 0.428. The molecule has 1 aliphatic heterocycles. The first-order chi connectivity index (χ1) is 8.72. The Morgan fingerprint density at radius 3 is 3.06 bits per heavy atom. The van der Waals surface area contributed by atoms with Crippen LogP contribution in [0.2, 0.25) is 5.02 Å². The van der Waals surface area contributed by atoms with Crippen LogP contribution in [0.4, 0.5) is 0 Å². The lowest BCUT2D eigenvalue weighted by Gasteiger charge is -2.11. The number of furan rings is 1. The van der Waals surface area contributed by atoms with Crippen LogP contribution in [0.5, 0.6) is 0 Å². The molecule has 18 heavy (non-hydrogen) atoms. The fraction of sp³-hybridized carbons (Fsp3) is 0.429. The first kappa shape index (κ1) is 12.0. The number of hydrogen-bond acceptors (Lipinski definition) is 3. The van der Waals surface area contributed by atoms with Crippen LogP contribution in [0.3, 0.4) is 0 Å². The summed E-state index contributed by atoms with van der Waals surface area (Å²) in [7, 11) is 0. The van der Waals surface area contributed by atoms with E-state index >= 15 is 0 Å². The van der Waals surface area contributed by atoms with E-state index in [0.717, 1.165) is 30.6 Å². The number of halogens is 1. The fourth-order valence-corrected chi connectivity index (χ4v) is 2.58. The van der Waals surface area contributed by atoms with Gasteiger partial charge in [-0.1, -0.05) is 11.6 Å². The van der Waals surface area contributed by atoms with Gasteiger partial charge in [-0.2, -0.15) is 0 Å². The van der Waals surface area contributed by atoms with Crippen molar-refractivity contribution in [2.75, 3.05) is 13.2 Å². The summed E-state index contributed by atoms with van der Waals surface area (Å²) in [5.74, 6) is 1.04. The Morgan fingerprint density at radius 1 is 1.39 bits per heavy atom. The Bertz CT molecular complexity index is 543. The van der Waals surface area contributed by atoms with Gasteiger partial charge in [0.05, 0.1) is 0 Å². The highest BCUT2D eigenvalue weighted by atomic mass is 35.5. The molecule has 2 aromatic rings. The SMILES string of the molecule is OC(CC1CCOC1)c1cc2cc(Cl)ccc2o1. The lowest BCUT2D eigenvalue weighted by atomic mass is 9.99. The minimum atomic E-state index is -0.567. The maximum absolute atomic E-state index is 10.2. The summed E-state index contributed by atoms with van der Waals surface area (Å²) in [5, 5.41) is 11.8. The highest BCUT2D eigenvalue weighted by Crippen LogP contribution is 2.31. The molecule has 0 bridgehead atoms. The van der Waals surface area contributed by atoms with Gasteiger partial charge >= 0.3 is 0 Å². The quantitative estimate of drug-likeness (QED) is 0.924. The van der Waals surface area contributed by atoms with E-state index in [2.05, 4.69) is 0 Å². The highest BCUT2D eigenvalue weighted by molar-refractivity contribution is 6.31. The van der Waals surface area contributed by atoms with E-state index in [1.807, 2.05) is 18.2 Å². The number of fused-ring (bicyclic) bond motifs is 1. The van der Waals surface area contributed by atoms with Crippen LogP contribution in [0.1, 0.15) is 24.7 Å². The Hall–Kier alpha value is -1.03. The minimum Gasteiger partial charge on any atom is -0.458 e. The monoisotopic (exact) mass is 266 g/mol. The van der Waals surface area contributed by atoms with Gasteiger partial charge in [-0.15, -0.1) is 0 Å². The van der Waals surface area contributed by atoms with Crippen LogP contribution in [-0.2, 0) is 4.74 Å². The summed E-state index contributed by atoms with van der Waals surface area (Å²) >= 11 is 5.92. The number of hydrogen-bond donors (Lipinski definition) is 1. The largest absolute Gasteiger partial charge is 0.458 e. The van der Waals surface area contributed by atoms with Crippen LogP contribution >= 0.6 is 11.6 Å². The topological polar surface area (TPSA) is 42.6 Å². The van der Waals surface area contributed by atoms with E-state index < -0.39 is 6.10 Å². The maximum Gasteiger partial charge on any atom is 0.134 e. The molecule has 1 aromatic carbocycles. The van der Waals surface area contributed by atoms with Crippen molar-refractivity contribution >= 4 is 22.6 Å². The molecule has 0 amide bonds. The van der Waals surface area contributed by atoms with Crippen molar-refractivity contribution in [1.29, 1.82) is 0 Å². The van der Waals surface area contributed by atoms with Crippen LogP contribution in [0, 0.1) is 5.92 Å². The summed E-state index contributed by atoms with van der Waals surface area (Å²) in [4.78, 5) is 0. The maximum atomic E-state index is 10.2. The van der Waals surface area contributed by atoms with E-state index in [9.17, 15) is 5.11 Å². The second-order valence-corrected chi connectivity index (χ2v) is 5.25. The molecule has 1 saturated heterocycles. The molecule has 1 aromatic heterocycles. The van der Waals surface area contributed by atoms with E-state index in [1.54, 1.807) is 6.07 Å². The van der Waals surface area contributed by atoms with Crippen molar-refractivity contribution in [2.45, 2.75) is 18.9 Å². The smallest absolute Gasteiger partial charge is 0.134 e. The van der Waals surface area contributed by atoms with Crippen molar-refractivity contribution in [3.8, 4) is 0 Å². The van der Waals surface area contributed by atoms with Crippen LogP contribution in [-0.4, -0.2) is 18.3 Å². The van der Waals surface area contributed by atoms with Crippen molar-refractivity contribution in [2.24, 2.45) is 5.92 Å². The summed E-state index contributed by atoms with van der Waals surface area (Å²) in [6.07, 6.45) is 1.14. The molecule has 1 N–H and O–H groups in total. The Morgan fingerprint density at radius 2 is 2.28 bits per heavy atom. The number of aliphatic hydroxyl groups excluding tert-OH is 1. The van der Waals surface area contributed by atoms with Gasteiger partial charge in [0.2, 0.25) is 0 Å². The third kappa shape index (κ3) is 2.39. The molecule has 2 atom stereocenters. The van der Waals surface area contributed by atoms with Crippen LogP contribution < -0.4 is 0 Å². The van der Waals surface area contributed by atoms with Gasteiger partial charge in [-0.3, -0.25) is 0 Å². The van der Waals surface area contributed by atoms with Gasteiger partial charge in [-0.25, -0.2) is 0 Å². The zero-order chi connectivity index (χ0) is 12.5. The normalized spacial score (nSPS) is 21.6. The lowest BCUT2D eigenvalue weighted by Crippen LogP contribution is -2.06. The van der Waals surface area contributed by atoms with Crippen molar-refractivity contribution in [1.82, 2.24) is 0 Å². The highest BCUT2D eigenvalue weighted by Gasteiger charge is 2.22. The zero-order valence-corrected chi connectivity index (χ0v) is 10.7. The Labute approximate surface area is 110 Å². The van der Waals surface area contributed by atoms with Crippen molar-refractivity contribution in [3.05, 3.63) is 35.0 Å². The molecular formula is C14H15ClO3. The second kappa shape index (κ2) is 4.92. The molecule has 3 rings (SSSR count). The van der Waals surface area contributed by atoms with E-state index in [-0.39, 0.29) is 0 Å². The fourth-order valence-electron chi connectivity index (χ4n) is 2.40. The predicted molar refractivity (Wildman–Crippen MR) is 69.7 cm³/mol. The molecule has 1 aliphatic rings. The number of benzene rings is 1. The molecule has 2 heterocycles. The van der Waals surface area contributed by atoms with Gasteiger partial charge in [0.25, 0.3) is 0 Å². The average molecular weight is 267 g/mol. The van der Waals surface area contributed by atoms with Gasteiger partial charge in [0, 0.05) is 23.6 Å². The molecule has 2 unspecified atom stereocenters. The molecule has 0 radical (unpaired) electrons.